The van der Waals surface area contributed by atoms with Crippen LogP contribution in [0.5, 0.6) is 0 Å². The quantitative estimate of drug-likeness (QED) is 0.0152. The van der Waals surface area contributed by atoms with Crippen molar-refractivity contribution >= 4 is 54.3 Å². The predicted octanol–water partition coefficient (Wildman–Crippen LogP) is 19.7. The van der Waals surface area contributed by atoms with E-state index in [1.807, 2.05) is 72.8 Å². The van der Waals surface area contributed by atoms with Gasteiger partial charge in [0.05, 0.1) is 27.2 Å². The summed E-state index contributed by atoms with van der Waals surface area (Å²) in [4.78, 5) is 35.4. The maximum atomic E-state index is 12.5. The summed E-state index contributed by atoms with van der Waals surface area (Å²) in [6.07, 6.45) is 46.9. The van der Waals surface area contributed by atoms with Crippen LogP contribution in [0.3, 0.4) is 0 Å². The number of aromatic amines is 2. The van der Waals surface area contributed by atoms with E-state index in [1.54, 1.807) is 12.1 Å². The van der Waals surface area contributed by atoms with Crippen molar-refractivity contribution in [3.8, 4) is 45.6 Å². The molecule has 457 valence electrons. The summed E-state index contributed by atoms with van der Waals surface area (Å²) in [5.41, 5.74) is 4.68. The third kappa shape index (κ3) is 19.6. The van der Waals surface area contributed by atoms with Gasteiger partial charge in [-0.05, 0) is 31.7 Å². The topological polar surface area (TPSA) is 163 Å². The van der Waals surface area contributed by atoms with Crippen molar-refractivity contribution in [1.29, 1.82) is 0 Å². The van der Waals surface area contributed by atoms with Crippen LogP contribution in [-0.4, -0.2) is 84.5 Å². The molecule has 2 aliphatic rings. The van der Waals surface area contributed by atoms with Crippen molar-refractivity contribution in [2.24, 2.45) is 0 Å². The number of fused-ring (bicyclic) bond motifs is 20. The predicted molar refractivity (Wildman–Crippen MR) is 347 cm³/mol. The Labute approximate surface area is 513 Å². The minimum atomic E-state index is -4.62. The Morgan fingerprint density at radius 2 is 0.631 bits per heavy atom. The van der Waals surface area contributed by atoms with Crippen LogP contribution in [0.25, 0.3) is 89.7 Å². The first-order valence-corrected chi connectivity index (χ1v) is 34.0. The molecule has 3 aromatic heterocycles. The van der Waals surface area contributed by atoms with E-state index in [-0.39, 0.29) is 33.0 Å². The number of hydrogen-bond acceptors (Lipinski definition) is 8. The molecule has 0 spiro atoms. The first-order valence-electron chi connectivity index (χ1n) is 32.6. The van der Waals surface area contributed by atoms with Crippen LogP contribution in [-0.2, 0) is 27.2 Å². The van der Waals surface area contributed by atoms with Gasteiger partial charge in [-0.3, -0.25) is 4.55 Å². The van der Waals surface area contributed by atoms with Crippen molar-refractivity contribution in [2.45, 2.75) is 224 Å². The molecule has 0 unspecified atom stereocenters. The molecule has 0 atom stereocenters. The Bertz CT molecular complexity index is 3370. The summed E-state index contributed by atoms with van der Waals surface area (Å²) in [6, 6.07) is 27.6. The molecule has 0 saturated heterocycles. The molecule has 3 N–H and O–H groups in total. The second-order valence-corrected chi connectivity index (χ2v) is 25.8. The second kappa shape index (κ2) is 34.7. The number of nitrogens with one attached hydrogen (secondary N) is 2. The van der Waals surface area contributed by atoms with Gasteiger partial charge in [0.2, 0.25) is 0 Å². The van der Waals surface area contributed by atoms with Crippen LogP contribution in [0.2, 0.25) is 0 Å². The molecule has 0 saturated carbocycles. The summed E-state index contributed by atoms with van der Waals surface area (Å²) in [7, 11) is 0.322. The number of H-pyrrole nitrogens is 2. The zero-order valence-corrected chi connectivity index (χ0v) is 53.1. The number of hydrogen-bond donors (Lipinski definition) is 3. The molecule has 0 amide bonds. The van der Waals surface area contributed by atoms with Crippen LogP contribution >= 0.6 is 0 Å². The maximum absolute atomic E-state index is 12.5. The van der Waals surface area contributed by atoms with Crippen molar-refractivity contribution in [2.75, 3.05) is 27.2 Å². The molecule has 7 aromatic rings. The molecule has 5 heterocycles. The molecule has 8 bridgehead atoms. The van der Waals surface area contributed by atoms with E-state index in [9.17, 15) is 13.0 Å². The molecular formula is C70H98CuN9O3S+. The zero-order valence-electron chi connectivity index (χ0n) is 51.3. The van der Waals surface area contributed by atoms with Gasteiger partial charge in [0.15, 0.2) is 23.3 Å². The summed E-state index contributed by atoms with van der Waals surface area (Å²) in [5.74, 6) is 1.60. The van der Waals surface area contributed by atoms with Gasteiger partial charge in [-0.25, -0.2) is 29.9 Å². The summed E-state index contributed by atoms with van der Waals surface area (Å²) >= 11 is 0. The number of rotatable bonds is 35. The summed E-state index contributed by atoms with van der Waals surface area (Å²) in [6.45, 7) is 7.39. The van der Waals surface area contributed by atoms with Gasteiger partial charge in [-0.2, -0.15) is 8.42 Å². The maximum Gasteiger partial charge on any atom is 0.295 e. The first-order chi connectivity index (χ1) is 40.5. The largest absolute Gasteiger partial charge is 0.328 e. The van der Waals surface area contributed by atoms with E-state index in [4.69, 9.17) is 29.9 Å². The van der Waals surface area contributed by atoms with E-state index >= 15 is 0 Å². The summed E-state index contributed by atoms with van der Waals surface area (Å²) in [5, 5.41) is 2.36. The van der Waals surface area contributed by atoms with E-state index in [2.05, 4.69) is 37.9 Å². The summed E-state index contributed by atoms with van der Waals surface area (Å²) < 4.78 is 36.5. The van der Waals surface area contributed by atoms with Crippen molar-refractivity contribution in [3.63, 3.8) is 0 Å². The van der Waals surface area contributed by atoms with Gasteiger partial charge in [0.25, 0.3) is 10.1 Å². The van der Waals surface area contributed by atoms with E-state index in [0.717, 1.165) is 33.0 Å². The number of unbranched alkanes of at least 4 members (excludes halogenated alkanes) is 30. The molecule has 14 heteroatoms. The van der Waals surface area contributed by atoms with E-state index in [1.165, 1.54) is 229 Å². The molecule has 0 aliphatic carbocycles. The molecule has 1 radical (unpaired) electrons. The van der Waals surface area contributed by atoms with Gasteiger partial charge < -0.3 is 14.5 Å². The van der Waals surface area contributed by atoms with Gasteiger partial charge >= 0.3 is 0 Å². The molecular weight excluding hydrogens is 1110 g/mol. The standard InChI is InChI=1S/C38H80N.C32H18N8O3S.Cu/c1-5-7-9-11-13-15-17-19-21-23-25-27-29-31-33-35-37-39(3,4)38-36-34-32-30-28-26-24-22-20-18-16-14-12-10-8-6-2;41-44(42,43)23-15-7-14-22-24(23)32-39-30-21-13-6-5-12-20(21)28(37-30)35-26-17-9-2-1-8-16(17)25(33-26)34-27-18-10-3-4-11-19(18)29(36-27)38-31(22)40-32;/h5-38H2,1-4H3;1-15H,(H,41,42,43)(H2,33,34,35,36,37,38,39,40);/q+1;;. The fraction of sp³-hybridized carbons (Fsp3) is 0.543. The normalized spacial score (nSPS) is 12.1. The van der Waals surface area contributed by atoms with Gasteiger partial charge in [-0.1, -0.05) is 279 Å². The Morgan fingerprint density at radius 3 is 0.964 bits per heavy atom. The van der Waals surface area contributed by atoms with Crippen LogP contribution in [0.4, 0.5) is 0 Å². The van der Waals surface area contributed by atoms with Crippen molar-refractivity contribution in [1.82, 2.24) is 39.9 Å². The second-order valence-electron chi connectivity index (χ2n) is 24.4. The minimum absolute atomic E-state index is 0. The Balaban J connectivity index is 0.000000241. The Morgan fingerprint density at radius 1 is 0.357 bits per heavy atom. The van der Waals surface area contributed by atoms with Gasteiger partial charge in [-0.15, -0.1) is 0 Å². The molecule has 12 nitrogen and oxygen atoms in total. The number of benzene rings is 4. The molecule has 84 heavy (non-hydrogen) atoms. The fourth-order valence-corrected chi connectivity index (χ4v) is 12.9. The number of aromatic nitrogens is 8. The van der Waals surface area contributed by atoms with E-state index in [0.29, 0.717) is 45.6 Å². The molecule has 2 aliphatic heterocycles. The van der Waals surface area contributed by atoms with Crippen LogP contribution in [0, 0.1) is 0 Å². The molecule has 0 fully saturated rings. The monoisotopic (exact) mass is 1210 g/mol. The average molecular weight is 1210 g/mol. The number of nitrogens with zero attached hydrogens (tertiary/aromatic N) is 7. The van der Waals surface area contributed by atoms with Crippen LogP contribution < -0.4 is 0 Å². The smallest absolute Gasteiger partial charge is 0.295 e. The van der Waals surface area contributed by atoms with E-state index < -0.39 is 10.1 Å². The van der Waals surface area contributed by atoms with Crippen LogP contribution in [0.15, 0.2) is 95.9 Å². The average Bonchev–Trinajstić information content (AvgIpc) is 4.28. The minimum Gasteiger partial charge on any atom is -0.328 e. The van der Waals surface area contributed by atoms with Crippen LogP contribution in [0.1, 0.15) is 219 Å². The third-order valence-electron chi connectivity index (χ3n) is 17.1. The SMILES string of the molecule is CCCCCCCCCCCCCCCCCC[N+](C)(C)CCCCCCCCCCCCCCCCCC.O=S(=O)(O)c1cccc2c3nc4nc(nc5[nH]c(nc6nc(nc([nH]3)c12)-c1ccccc1-6)c1ccccc51)-c1ccccc1-4.[Cu]. The zero-order chi connectivity index (χ0) is 58.1. The van der Waals surface area contributed by atoms with Gasteiger partial charge in [0.1, 0.15) is 27.5 Å². The molecule has 9 rings (SSSR count). The van der Waals surface area contributed by atoms with Gasteiger partial charge in [0, 0.05) is 60.9 Å². The third-order valence-corrected chi connectivity index (χ3v) is 17.9. The Hall–Kier alpha value is -5.37. The van der Waals surface area contributed by atoms with Crippen molar-refractivity contribution in [3.05, 3.63) is 91.0 Å². The molecule has 4 aromatic carbocycles. The fourth-order valence-electron chi connectivity index (χ4n) is 12.2. The number of quaternary nitrogens is 1. The van der Waals surface area contributed by atoms with Crippen molar-refractivity contribution < 1.29 is 34.5 Å². The Kier molecular flexibility index (Phi) is 27.3. The first kappa shape index (κ1) is 66.2.